The van der Waals surface area contributed by atoms with E-state index in [1.807, 2.05) is 29.5 Å². The Morgan fingerprint density at radius 2 is 2.09 bits per heavy atom. The van der Waals surface area contributed by atoms with Gasteiger partial charge >= 0.3 is 0 Å². The van der Waals surface area contributed by atoms with Crippen LogP contribution in [0.3, 0.4) is 0 Å². The molecular weight excluding hydrogens is 465 g/mol. The second kappa shape index (κ2) is 8.13. The maximum Gasteiger partial charge on any atom is 0.294 e. The van der Waals surface area contributed by atoms with Crippen LogP contribution in [0.1, 0.15) is 39.6 Å². The highest BCUT2D eigenvalue weighted by Crippen LogP contribution is 2.33. The minimum Gasteiger partial charge on any atom is -0.381 e. The topological polar surface area (TPSA) is 92.6 Å². The number of benzene rings is 2. The molecule has 4 heterocycles. The minimum absolute atomic E-state index is 0. The number of ether oxygens (including phenoxy) is 1. The Bertz CT molecular complexity index is 1470. The number of nitrogens with one attached hydrogen (secondary N) is 1. The van der Waals surface area contributed by atoms with Gasteiger partial charge in [-0.1, -0.05) is 11.6 Å². The number of aromatic nitrogens is 4. The summed E-state index contributed by atoms with van der Waals surface area (Å²) in [6.07, 6.45) is 1.60. The minimum atomic E-state index is -0.335. The molecule has 2 aromatic heterocycles. The molecule has 2 aliphatic rings. The average Bonchev–Trinajstić information content (AvgIpc) is 3.52. The number of aromatic amines is 1. The van der Waals surface area contributed by atoms with Crippen LogP contribution in [0, 0.1) is 6.92 Å². The number of hydrogen-bond acceptors (Lipinski definition) is 5. The van der Waals surface area contributed by atoms with E-state index < -0.39 is 0 Å². The maximum atomic E-state index is 13.5. The van der Waals surface area contributed by atoms with Gasteiger partial charge in [-0.2, -0.15) is 0 Å². The van der Waals surface area contributed by atoms with Crippen LogP contribution in [0.2, 0.25) is 5.02 Å². The van der Waals surface area contributed by atoms with Crippen molar-refractivity contribution < 1.29 is 9.53 Å². The zero-order valence-corrected chi connectivity index (χ0v) is 19.4. The Hall–Kier alpha value is -2.94. The summed E-state index contributed by atoms with van der Waals surface area (Å²) in [6, 6.07) is 9.28. The molecule has 1 amide bonds. The van der Waals surface area contributed by atoms with E-state index in [2.05, 4.69) is 15.2 Å². The molecule has 170 valence electrons. The van der Waals surface area contributed by atoms with Crippen LogP contribution in [0.25, 0.3) is 16.7 Å². The number of nitrogens with zero attached hydrogens (tertiary/aromatic N) is 4. The van der Waals surface area contributed by atoms with Gasteiger partial charge in [-0.25, -0.2) is 0 Å². The normalized spacial score (nSPS) is 17.5. The van der Waals surface area contributed by atoms with Crippen molar-refractivity contribution in [2.45, 2.75) is 25.7 Å². The van der Waals surface area contributed by atoms with Gasteiger partial charge in [-0.3, -0.25) is 14.0 Å². The average molecular weight is 486 g/mol. The molecule has 1 unspecified atom stereocenters. The molecule has 0 radical (unpaired) electrons. The van der Waals surface area contributed by atoms with Crippen molar-refractivity contribution in [2.75, 3.05) is 24.7 Å². The lowest BCUT2D eigenvalue weighted by atomic mass is 10.0. The standard InChI is InChI=1S/C23H20ClN5O3.ClH/c1-12-8-19-17(25-22(30)21-27-26-20(29(19)21)14-5-7-32-11-14)10-16(12)23(31)28-6-4-13-9-15(24)2-3-18(13)28;/h2-3,8-10,14H,4-7,11H2,1H3,(H,25,30);1H. The number of anilines is 1. The number of fused-ring (bicyclic) bond motifs is 4. The number of aryl methyl sites for hydroxylation is 1. The fourth-order valence-electron chi connectivity index (χ4n) is 4.80. The highest BCUT2D eigenvalue weighted by Gasteiger charge is 2.28. The lowest BCUT2D eigenvalue weighted by molar-refractivity contribution is 0.0989. The van der Waals surface area contributed by atoms with Crippen LogP contribution >= 0.6 is 24.0 Å². The second-order valence-electron chi connectivity index (χ2n) is 8.40. The van der Waals surface area contributed by atoms with E-state index in [9.17, 15) is 9.59 Å². The van der Waals surface area contributed by atoms with E-state index in [0.717, 1.165) is 41.0 Å². The summed E-state index contributed by atoms with van der Waals surface area (Å²) < 4.78 is 7.32. The predicted octanol–water partition coefficient (Wildman–Crippen LogP) is 3.66. The fraction of sp³-hybridized carbons (Fsp3) is 0.304. The lowest BCUT2D eigenvalue weighted by Crippen LogP contribution is -2.29. The number of amides is 1. The van der Waals surface area contributed by atoms with Crippen LogP contribution in [0.4, 0.5) is 5.69 Å². The van der Waals surface area contributed by atoms with Gasteiger partial charge in [0, 0.05) is 35.3 Å². The van der Waals surface area contributed by atoms with Gasteiger partial charge in [0.05, 0.1) is 17.6 Å². The van der Waals surface area contributed by atoms with Crippen LogP contribution in [0.5, 0.6) is 0 Å². The van der Waals surface area contributed by atoms with Crippen LogP contribution in [-0.2, 0) is 11.2 Å². The van der Waals surface area contributed by atoms with Gasteiger partial charge in [0.25, 0.3) is 11.5 Å². The van der Waals surface area contributed by atoms with Gasteiger partial charge in [0.2, 0.25) is 5.65 Å². The molecule has 1 atom stereocenters. The largest absolute Gasteiger partial charge is 0.381 e. The summed E-state index contributed by atoms with van der Waals surface area (Å²) in [4.78, 5) is 30.9. The lowest BCUT2D eigenvalue weighted by Gasteiger charge is -2.19. The maximum absolute atomic E-state index is 13.5. The first-order chi connectivity index (χ1) is 15.5. The monoisotopic (exact) mass is 485 g/mol. The Kier molecular flexibility index (Phi) is 5.39. The third-order valence-corrected chi connectivity index (χ3v) is 6.67. The number of hydrogen-bond donors (Lipinski definition) is 1. The Morgan fingerprint density at radius 1 is 1.24 bits per heavy atom. The molecule has 33 heavy (non-hydrogen) atoms. The molecule has 1 fully saturated rings. The first-order valence-corrected chi connectivity index (χ1v) is 11.0. The van der Waals surface area contributed by atoms with Crippen molar-refractivity contribution in [2.24, 2.45) is 0 Å². The summed E-state index contributed by atoms with van der Waals surface area (Å²) in [5, 5.41) is 9.09. The summed E-state index contributed by atoms with van der Waals surface area (Å²) in [5.41, 5.74) is 4.58. The SMILES string of the molecule is Cc1cc2c(cc1C(=O)N1CCc3cc(Cl)ccc31)[nH]c(=O)c1nnc(C3CCOC3)n12.Cl. The molecule has 2 aliphatic heterocycles. The summed E-state index contributed by atoms with van der Waals surface area (Å²) in [6.45, 7) is 3.73. The number of carbonyl (C=O) groups is 1. The van der Waals surface area contributed by atoms with Crippen molar-refractivity contribution in [3.05, 3.63) is 68.2 Å². The number of H-pyrrole nitrogens is 1. The smallest absolute Gasteiger partial charge is 0.294 e. The van der Waals surface area contributed by atoms with E-state index in [1.165, 1.54) is 0 Å². The van der Waals surface area contributed by atoms with Gasteiger partial charge in [0.1, 0.15) is 5.82 Å². The summed E-state index contributed by atoms with van der Waals surface area (Å²) >= 11 is 6.11. The van der Waals surface area contributed by atoms with E-state index in [-0.39, 0.29) is 35.4 Å². The van der Waals surface area contributed by atoms with Crippen LogP contribution in [0.15, 0.2) is 35.1 Å². The second-order valence-corrected chi connectivity index (χ2v) is 8.83. The Morgan fingerprint density at radius 3 is 2.88 bits per heavy atom. The third-order valence-electron chi connectivity index (χ3n) is 6.43. The third kappa shape index (κ3) is 3.40. The van der Waals surface area contributed by atoms with Crippen molar-refractivity contribution in [1.82, 2.24) is 19.6 Å². The number of rotatable bonds is 2. The molecule has 0 spiro atoms. The van der Waals surface area contributed by atoms with Gasteiger partial charge in [0.15, 0.2) is 0 Å². The zero-order valence-electron chi connectivity index (χ0n) is 17.8. The molecule has 0 saturated carbocycles. The molecular formula is C23H21Cl2N5O3. The first-order valence-electron chi connectivity index (χ1n) is 10.6. The van der Waals surface area contributed by atoms with Crippen molar-refractivity contribution in [1.29, 1.82) is 0 Å². The Balaban J connectivity index is 0.00000228. The molecule has 6 rings (SSSR count). The summed E-state index contributed by atoms with van der Waals surface area (Å²) in [5.74, 6) is 0.710. The zero-order chi connectivity index (χ0) is 22.0. The molecule has 1 saturated heterocycles. The van der Waals surface area contributed by atoms with Gasteiger partial charge < -0.3 is 14.6 Å². The van der Waals surface area contributed by atoms with E-state index in [0.29, 0.717) is 35.9 Å². The number of carbonyl (C=O) groups excluding carboxylic acids is 1. The highest BCUT2D eigenvalue weighted by atomic mass is 35.5. The fourth-order valence-corrected chi connectivity index (χ4v) is 4.99. The molecule has 8 nitrogen and oxygen atoms in total. The quantitative estimate of drug-likeness (QED) is 0.467. The molecule has 4 aromatic rings. The van der Waals surface area contributed by atoms with Crippen molar-refractivity contribution >= 4 is 52.3 Å². The number of halogens is 2. The molecule has 10 heteroatoms. The molecule has 1 N–H and O–H groups in total. The predicted molar refractivity (Wildman–Crippen MR) is 128 cm³/mol. The van der Waals surface area contributed by atoms with E-state index >= 15 is 0 Å². The van der Waals surface area contributed by atoms with Gasteiger partial charge in [-0.15, -0.1) is 22.6 Å². The first kappa shape index (κ1) is 21.9. The van der Waals surface area contributed by atoms with Crippen molar-refractivity contribution in [3.8, 4) is 0 Å². The molecule has 0 aliphatic carbocycles. The highest BCUT2D eigenvalue weighted by molar-refractivity contribution is 6.30. The Labute approximate surface area is 199 Å². The molecule has 0 bridgehead atoms. The van der Waals surface area contributed by atoms with Crippen molar-refractivity contribution in [3.63, 3.8) is 0 Å². The van der Waals surface area contributed by atoms with E-state index in [1.54, 1.807) is 17.0 Å². The summed E-state index contributed by atoms with van der Waals surface area (Å²) in [7, 11) is 0. The molecule has 2 aromatic carbocycles. The van der Waals surface area contributed by atoms with Gasteiger partial charge in [-0.05, 0) is 61.2 Å². The van der Waals surface area contributed by atoms with E-state index in [4.69, 9.17) is 16.3 Å². The van der Waals surface area contributed by atoms with Crippen LogP contribution < -0.4 is 10.5 Å². The van der Waals surface area contributed by atoms with Crippen LogP contribution in [-0.4, -0.2) is 45.2 Å².